The Balaban J connectivity index is 1.36. The van der Waals surface area contributed by atoms with Gasteiger partial charge in [0.05, 0.1) is 0 Å². The van der Waals surface area contributed by atoms with Crippen molar-refractivity contribution in [1.82, 2.24) is 9.80 Å². The van der Waals surface area contributed by atoms with Crippen LogP contribution in [0.25, 0.3) is 21.5 Å². The van der Waals surface area contributed by atoms with Crippen molar-refractivity contribution in [3.63, 3.8) is 0 Å². The fourth-order valence-electron chi connectivity index (χ4n) is 7.90. The van der Waals surface area contributed by atoms with Crippen molar-refractivity contribution in [2.24, 2.45) is 0 Å². The SMILES string of the molecule is CC(c1ccccc1)N(Cc1ccccc1B(O)O)Cc1c2ccccc2c(CN(Cc2ccccc2B(O)O)C(C)c2ccccc2)c2ccccc12. The summed E-state index contributed by atoms with van der Waals surface area (Å²) in [5.74, 6) is 0. The summed E-state index contributed by atoms with van der Waals surface area (Å²) in [6.07, 6.45) is 0. The van der Waals surface area contributed by atoms with E-state index in [1.165, 1.54) is 43.8 Å². The first-order valence-electron chi connectivity index (χ1n) is 18.7. The van der Waals surface area contributed by atoms with E-state index in [0.29, 0.717) is 37.1 Å². The third-order valence-corrected chi connectivity index (χ3v) is 10.9. The molecule has 0 spiro atoms. The maximum atomic E-state index is 10.3. The molecule has 2 atom stereocenters. The van der Waals surface area contributed by atoms with Crippen LogP contribution in [0.3, 0.4) is 0 Å². The number of fused-ring (bicyclic) bond motifs is 2. The largest absolute Gasteiger partial charge is 0.488 e. The minimum atomic E-state index is -1.56. The van der Waals surface area contributed by atoms with Gasteiger partial charge in [-0.15, -0.1) is 0 Å². The third kappa shape index (κ3) is 8.05. The molecular formula is C46H46B2N2O4. The average molecular weight is 713 g/mol. The zero-order valence-corrected chi connectivity index (χ0v) is 30.8. The van der Waals surface area contributed by atoms with E-state index in [1.54, 1.807) is 12.1 Å². The third-order valence-electron chi connectivity index (χ3n) is 10.9. The Hall–Kier alpha value is -5.05. The highest BCUT2D eigenvalue weighted by Gasteiger charge is 2.26. The molecule has 0 aliphatic rings. The number of hydrogen-bond donors (Lipinski definition) is 4. The summed E-state index contributed by atoms with van der Waals surface area (Å²) in [5.41, 5.74) is 7.56. The molecule has 7 aromatic carbocycles. The zero-order chi connectivity index (χ0) is 37.6. The molecule has 0 amide bonds. The predicted octanol–water partition coefficient (Wildman–Crippen LogP) is 6.88. The van der Waals surface area contributed by atoms with Gasteiger partial charge in [-0.05, 0) is 79.7 Å². The van der Waals surface area contributed by atoms with Crippen molar-refractivity contribution in [2.75, 3.05) is 0 Å². The molecule has 0 saturated heterocycles. The van der Waals surface area contributed by atoms with E-state index in [-0.39, 0.29) is 12.1 Å². The van der Waals surface area contributed by atoms with E-state index >= 15 is 0 Å². The van der Waals surface area contributed by atoms with Crippen LogP contribution >= 0.6 is 0 Å². The molecule has 7 rings (SSSR count). The van der Waals surface area contributed by atoms with Crippen LogP contribution in [-0.2, 0) is 26.2 Å². The summed E-state index contributed by atoms with van der Waals surface area (Å²) in [6.45, 7) is 6.73. The van der Waals surface area contributed by atoms with Crippen LogP contribution < -0.4 is 10.9 Å². The fourth-order valence-corrected chi connectivity index (χ4v) is 7.90. The number of benzene rings is 7. The van der Waals surface area contributed by atoms with Crippen molar-refractivity contribution < 1.29 is 20.1 Å². The normalized spacial score (nSPS) is 12.7. The topological polar surface area (TPSA) is 87.4 Å². The van der Waals surface area contributed by atoms with Crippen LogP contribution in [-0.4, -0.2) is 44.1 Å². The van der Waals surface area contributed by atoms with Crippen LogP contribution in [0.2, 0.25) is 0 Å². The molecule has 8 heteroatoms. The fraction of sp³-hybridized carbons (Fsp3) is 0.174. The van der Waals surface area contributed by atoms with Gasteiger partial charge < -0.3 is 20.1 Å². The summed E-state index contributed by atoms with van der Waals surface area (Å²) in [5, 5.41) is 45.9. The van der Waals surface area contributed by atoms with Crippen molar-refractivity contribution >= 4 is 46.7 Å². The molecule has 54 heavy (non-hydrogen) atoms. The summed E-state index contributed by atoms with van der Waals surface area (Å²) in [4.78, 5) is 4.84. The molecule has 0 aliphatic heterocycles. The van der Waals surface area contributed by atoms with Gasteiger partial charge in [-0.2, -0.15) is 0 Å². The predicted molar refractivity (Wildman–Crippen MR) is 222 cm³/mol. The van der Waals surface area contributed by atoms with Gasteiger partial charge in [-0.25, -0.2) is 0 Å². The van der Waals surface area contributed by atoms with Crippen molar-refractivity contribution in [3.8, 4) is 0 Å². The molecule has 270 valence electrons. The van der Waals surface area contributed by atoms with E-state index in [1.807, 2.05) is 48.5 Å². The van der Waals surface area contributed by atoms with Gasteiger partial charge in [0.15, 0.2) is 0 Å². The van der Waals surface area contributed by atoms with Crippen LogP contribution in [0, 0.1) is 0 Å². The van der Waals surface area contributed by atoms with Gasteiger partial charge in [0.25, 0.3) is 0 Å². The van der Waals surface area contributed by atoms with E-state index < -0.39 is 14.2 Å². The maximum absolute atomic E-state index is 10.3. The lowest BCUT2D eigenvalue weighted by Gasteiger charge is -2.33. The Labute approximate surface area is 318 Å². The van der Waals surface area contributed by atoms with E-state index in [2.05, 4.69) is 121 Å². The summed E-state index contributed by atoms with van der Waals surface area (Å²) >= 11 is 0. The highest BCUT2D eigenvalue weighted by molar-refractivity contribution is 6.59. The molecule has 0 aromatic heterocycles. The Bertz CT molecular complexity index is 2100. The lowest BCUT2D eigenvalue weighted by molar-refractivity contribution is 0.193. The smallest absolute Gasteiger partial charge is 0.423 e. The highest BCUT2D eigenvalue weighted by Crippen LogP contribution is 2.38. The minimum Gasteiger partial charge on any atom is -0.423 e. The van der Waals surface area contributed by atoms with E-state index in [4.69, 9.17) is 0 Å². The number of hydrogen-bond acceptors (Lipinski definition) is 6. The molecule has 2 unspecified atom stereocenters. The van der Waals surface area contributed by atoms with Crippen molar-refractivity contribution in [3.05, 3.63) is 191 Å². The van der Waals surface area contributed by atoms with Gasteiger partial charge in [-0.1, -0.05) is 158 Å². The van der Waals surface area contributed by atoms with Crippen LogP contribution in [0.1, 0.15) is 59.3 Å². The van der Waals surface area contributed by atoms with Gasteiger partial charge >= 0.3 is 14.2 Å². The number of rotatable bonds is 14. The molecule has 0 saturated carbocycles. The second kappa shape index (κ2) is 17.0. The molecule has 0 bridgehead atoms. The molecule has 0 radical (unpaired) electrons. The molecule has 4 N–H and O–H groups in total. The second-order valence-corrected chi connectivity index (χ2v) is 14.2. The summed E-state index contributed by atoms with van der Waals surface area (Å²) < 4.78 is 0. The Morgan fingerprint density at radius 3 is 1.02 bits per heavy atom. The minimum absolute atomic E-state index is 0.0245. The standard InChI is InChI=1S/C46H46B2N2O4/c1-33(35-17-5-3-6-18-35)49(29-37-21-9-15-27-45(37)47(51)52)31-43-39-23-11-13-25-41(39)44(42-26-14-12-24-40(42)43)32-50(34(2)36-19-7-4-8-20-36)30-38-22-10-16-28-46(38)48(53)54/h3-28,33-34,51-54H,29-32H2,1-2H3. The quantitative estimate of drug-likeness (QED) is 0.0727. The zero-order valence-electron chi connectivity index (χ0n) is 30.8. The molecule has 6 nitrogen and oxygen atoms in total. The summed E-state index contributed by atoms with van der Waals surface area (Å²) in [7, 11) is -3.13. The van der Waals surface area contributed by atoms with Gasteiger partial charge in [0.2, 0.25) is 0 Å². The molecular weight excluding hydrogens is 666 g/mol. The van der Waals surface area contributed by atoms with E-state index in [0.717, 1.165) is 11.1 Å². The first-order chi connectivity index (χ1) is 26.3. The molecule has 0 fully saturated rings. The Morgan fingerprint density at radius 1 is 0.389 bits per heavy atom. The lowest BCUT2D eigenvalue weighted by Crippen LogP contribution is -2.36. The first kappa shape index (κ1) is 37.3. The van der Waals surface area contributed by atoms with Crippen LogP contribution in [0.5, 0.6) is 0 Å². The first-order valence-corrected chi connectivity index (χ1v) is 18.7. The monoisotopic (exact) mass is 712 g/mol. The molecule has 0 heterocycles. The molecule has 0 aliphatic carbocycles. The average Bonchev–Trinajstić information content (AvgIpc) is 3.21. The van der Waals surface area contributed by atoms with Gasteiger partial charge in [-0.3, -0.25) is 9.80 Å². The lowest BCUT2D eigenvalue weighted by atomic mass is 9.77. The Morgan fingerprint density at radius 2 is 0.685 bits per heavy atom. The van der Waals surface area contributed by atoms with Crippen molar-refractivity contribution in [1.29, 1.82) is 0 Å². The van der Waals surface area contributed by atoms with Crippen LogP contribution in [0.4, 0.5) is 0 Å². The molecule has 7 aromatic rings. The van der Waals surface area contributed by atoms with Gasteiger partial charge in [0.1, 0.15) is 0 Å². The van der Waals surface area contributed by atoms with Gasteiger partial charge in [0, 0.05) is 38.3 Å². The van der Waals surface area contributed by atoms with Crippen LogP contribution in [0.15, 0.2) is 158 Å². The van der Waals surface area contributed by atoms with E-state index in [9.17, 15) is 20.1 Å². The number of nitrogens with zero attached hydrogens (tertiary/aromatic N) is 2. The maximum Gasteiger partial charge on any atom is 0.488 e. The Kier molecular flexibility index (Phi) is 11.7. The second-order valence-electron chi connectivity index (χ2n) is 14.2. The van der Waals surface area contributed by atoms with Crippen molar-refractivity contribution in [2.45, 2.75) is 52.1 Å². The summed E-state index contributed by atoms with van der Waals surface area (Å²) in [6, 6.07) is 53.4. The highest BCUT2D eigenvalue weighted by atomic mass is 16.4.